The summed E-state index contributed by atoms with van der Waals surface area (Å²) >= 11 is 0. The summed E-state index contributed by atoms with van der Waals surface area (Å²) in [5, 5.41) is 23.1. The van der Waals surface area contributed by atoms with E-state index in [1.807, 2.05) is 6.08 Å². The molecule has 0 saturated heterocycles. The zero-order valence-electron chi connectivity index (χ0n) is 42.8. The van der Waals surface area contributed by atoms with Crippen LogP contribution in [0.25, 0.3) is 0 Å². The summed E-state index contributed by atoms with van der Waals surface area (Å²) in [5.41, 5.74) is 0. The maximum Gasteiger partial charge on any atom is 0.305 e. The summed E-state index contributed by atoms with van der Waals surface area (Å²) in [6, 6.07) is -0.636. The summed E-state index contributed by atoms with van der Waals surface area (Å²) in [5.74, 6) is -0.0915. The van der Waals surface area contributed by atoms with Crippen molar-refractivity contribution in [3.05, 3.63) is 36.5 Å². The fraction of sp³-hybridized carbons (Fsp3) is 0.862. The third-order valence-electron chi connectivity index (χ3n) is 12.9. The molecular weight excluding hydrogens is 791 g/mol. The largest absolute Gasteiger partial charge is 0.466 e. The molecular formula is C58H109NO5. The lowest BCUT2D eigenvalue weighted by Crippen LogP contribution is -2.45. The summed E-state index contributed by atoms with van der Waals surface area (Å²) in [7, 11) is 0. The predicted octanol–water partition coefficient (Wildman–Crippen LogP) is 17.2. The highest BCUT2D eigenvalue weighted by molar-refractivity contribution is 5.76. The molecule has 376 valence electrons. The minimum Gasteiger partial charge on any atom is -0.466 e. The van der Waals surface area contributed by atoms with E-state index in [2.05, 4.69) is 43.5 Å². The Labute approximate surface area is 398 Å². The number of ether oxygens (including phenoxy) is 1. The van der Waals surface area contributed by atoms with Gasteiger partial charge in [-0.05, 0) is 57.8 Å². The average Bonchev–Trinajstić information content (AvgIpc) is 3.29. The van der Waals surface area contributed by atoms with Crippen LogP contribution in [0.5, 0.6) is 0 Å². The topological polar surface area (TPSA) is 95.9 Å². The molecule has 64 heavy (non-hydrogen) atoms. The van der Waals surface area contributed by atoms with Crippen LogP contribution in [0.1, 0.15) is 296 Å². The van der Waals surface area contributed by atoms with Crippen LogP contribution < -0.4 is 5.32 Å². The van der Waals surface area contributed by atoms with Gasteiger partial charge in [-0.2, -0.15) is 0 Å². The lowest BCUT2D eigenvalue weighted by atomic mass is 10.0. The van der Waals surface area contributed by atoms with E-state index >= 15 is 0 Å². The normalized spacial score (nSPS) is 12.9. The molecule has 0 bridgehead atoms. The Morgan fingerprint density at radius 1 is 0.438 bits per heavy atom. The fourth-order valence-electron chi connectivity index (χ4n) is 8.55. The van der Waals surface area contributed by atoms with E-state index in [1.54, 1.807) is 6.08 Å². The first kappa shape index (κ1) is 62.1. The zero-order valence-corrected chi connectivity index (χ0v) is 42.8. The van der Waals surface area contributed by atoms with Gasteiger partial charge in [-0.3, -0.25) is 9.59 Å². The number of aliphatic hydroxyl groups excluding tert-OH is 2. The Morgan fingerprint density at radius 2 is 0.812 bits per heavy atom. The summed E-state index contributed by atoms with van der Waals surface area (Å²) < 4.78 is 5.45. The van der Waals surface area contributed by atoms with Crippen molar-refractivity contribution in [2.24, 2.45) is 0 Å². The summed E-state index contributed by atoms with van der Waals surface area (Å²) in [4.78, 5) is 24.5. The number of nitrogens with one attached hydrogen (secondary N) is 1. The quantitative estimate of drug-likeness (QED) is 0.0321. The molecule has 0 fully saturated rings. The number of rotatable bonds is 52. The van der Waals surface area contributed by atoms with Crippen molar-refractivity contribution in [1.29, 1.82) is 0 Å². The second-order valence-electron chi connectivity index (χ2n) is 19.3. The highest BCUT2D eigenvalue weighted by Crippen LogP contribution is 2.17. The monoisotopic (exact) mass is 900 g/mol. The highest BCUT2D eigenvalue weighted by Gasteiger charge is 2.18. The maximum absolute atomic E-state index is 12.5. The van der Waals surface area contributed by atoms with Crippen molar-refractivity contribution in [2.45, 2.75) is 309 Å². The van der Waals surface area contributed by atoms with Crippen molar-refractivity contribution in [3.8, 4) is 0 Å². The smallest absolute Gasteiger partial charge is 0.305 e. The van der Waals surface area contributed by atoms with Crippen molar-refractivity contribution < 1.29 is 24.5 Å². The molecule has 0 rings (SSSR count). The Bertz CT molecular complexity index is 1040. The summed E-state index contributed by atoms with van der Waals surface area (Å²) in [6.07, 6.45) is 65.8. The number of allylic oxidation sites excluding steroid dienone is 5. The van der Waals surface area contributed by atoms with Gasteiger partial charge in [0, 0.05) is 12.8 Å². The van der Waals surface area contributed by atoms with Crippen LogP contribution in [0.4, 0.5) is 0 Å². The number of aliphatic hydroxyl groups is 2. The van der Waals surface area contributed by atoms with Crippen LogP contribution >= 0.6 is 0 Å². The number of hydrogen-bond acceptors (Lipinski definition) is 5. The zero-order chi connectivity index (χ0) is 46.5. The summed E-state index contributed by atoms with van der Waals surface area (Å²) in [6.45, 7) is 4.82. The number of unbranched alkanes of at least 4 members (excludes halogenated alkanes) is 37. The molecule has 0 aromatic rings. The van der Waals surface area contributed by atoms with Crippen LogP contribution in [0, 0.1) is 0 Å². The third kappa shape index (κ3) is 49.5. The van der Waals surface area contributed by atoms with Gasteiger partial charge >= 0.3 is 5.97 Å². The Hall–Kier alpha value is -1.92. The lowest BCUT2D eigenvalue weighted by Gasteiger charge is -2.20. The SMILES string of the molecule is CCC/C=C\C/C=C\CCCCCCCC(=O)OCCCCCCCCCCCCCCCCCC(=O)NC(CO)C(O)/C=C/CCCCCCCCCCCCCCCCCCC. The van der Waals surface area contributed by atoms with Gasteiger partial charge in [0.25, 0.3) is 0 Å². The maximum atomic E-state index is 12.5. The molecule has 0 aliphatic carbocycles. The van der Waals surface area contributed by atoms with Crippen molar-refractivity contribution in [2.75, 3.05) is 13.2 Å². The van der Waals surface area contributed by atoms with E-state index in [4.69, 9.17) is 4.74 Å². The number of esters is 1. The van der Waals surface area contributed by atoms with Gasteiger partial charge in [-0.25, -0.2) is 0 Å². The van der Waals surface area contributed by atoms with E-state index < -0.39 is 12.1 Å². The van der Waals surface area contributed by atoms with E-state index in [-0.39, 0.29) is 18.5 Å². The molecule has 2 atom stereocenters. The standard InChI is InChI=1S/C58H109NO5/c1-3-5-7-9-11-13-15-17-18-19-20-21-23-27-30-34-38-42-46-50-56(61)55(54-60)59-57(62)51-47-43-39-35-31-28-24-22-25-29-33-37-41-45-49-53-64-58(63)52-48-44-40-36-32-26-16-14-12-10-8-6-4-2/h8,10,14,16,46,50,55-56,60-61H,3-7,9,11-13,15,17-45,47-49,51-54H2,1-2H3,(H,59,62)/b10-8-,16-14-,50-46+. The van der Waals surface area contributed by atoms with Crippen molar-refractivity contribution in [3.63, 3.8) is 0 Å². The first-order valence-electron chi connectivity index (χ1n) is 28.3. The number of amides is 1. The van der Waals surface area contributed by atoms with Gasteiger partial charge in [0.15, 0.2) is 0 Å². The van der Waals surface area contributed by atoms with Gasteiger partial charge in [0.2, 0.25) is 5.91 Å². The van der Waals surface area contributed by atoms with Gasteiger partial charge in [0.05, 0.1) is 25.4 Å². The lowest BCUT2D eigenvalue weighted by molar-refractivity contribution is -0.143. The molecule has 2 unspecified atom stereocenters. The molecule has 0 heterocycles. The molecule has 3 N–H and O–H groups in total. The highest BCUT2D eigenvalue weighted by atomic mass is 16.5. The van der Waals surface area contributed by atoms with E-state index in [9.17, 15) is 19.8 Å². The molecule has 0 radical (unpaired) electrons. The number of carbonyl (C=O) groups excluding carboxylic acids is 2. The molecule has 1 amide bonds. The van der Waals surface area contributed by atoms with E-state index in [0.29, 0.717) is 19.4 Å². The third-order valence-corrected chi connectivity index (χ3v) is 12.9. The van der Waals surface area contributed by atoms with Crippen LogP contribution in [-0.2, 0) is 14.3 Å². The Morgan fingerprint density at radius 3 is 1.25 bits per heavy atom. The molecule has 0 aromatic carbocycles. The molecule has 0 aromatic heterocycles. The predicted molar refractivity (Wildman–Crippen MR) is 278 cm³/mol. The average molecular weight is 901 g/mol. The van der Waals surface area contributed by atoms with Gasteiger partial charge in [0.1, 0.15) is 0 Å². The van der Waals surface area contributed by atoms with Crippen molar-refractivity contribution >= 4 is 11.9 Å². The molecule has 0 saturated carbocycles. The Kier molecular flexibility index (Phi) is 52.1. The van der Waals surface area contributed by atoms with E-state index in [1.165, 1.54) is 205 Å². The molecule has 6 nitrogen and oxygen atoms in total. The first-order chi connectivity index (χ1) is 31.5. The number of carbonyl (C=O) groups is 2. The minimum absolute atomic E-state index is 0.0159. The molecule has 0 aliphatic heterocycles. The van der Waals surface area contributed by atoms with Gasteiger partial charge < -0.3 is 20.3 Å². The molecule has 0 spiro atoms. The second-order valence-corrected chi connectivity index (χ2v) is 19.3. The molecule has 6 heteroatoms. The van der Waals surface area contributed by atoms with E-state index in [0.717, 1.165) is 64.2 Å². The van der Waals surface area contributed by atoms with Crippen LogP contribution in [0.3, 0.4) is 0 Å². The fourth-order valence-corrected chi connectivity index (χ4v) is 8.55. The Balaban J connectivity index is 3.48. The van der Waals surface area contributed by atoms with Crippen molar-refractivity contribution in [1.82, 2.24) is 5.32 Å². The minimum atomic E-state index is -0.851. The van der Waals surface area contributed by atoms with Gasteiger partial charge in [-0.15, -0.1) is 0 Å². The molecule has 0 aliphatic rings. The van der Waals surface area contributed by atoms with Crippen LogP contribution in [0.15, 0.2) is 36.5 Å². The second kappa shape index (κ2) is 53.7. The van der Waals surface area contributed by atoms with Crippen LogP contribution in [-0.4, -0.2) is 47.4 Å². The van der Waals surface area contributed by atoms with Gasteiger partial charge in [-0.1, -0.05) is 262 Å². The first-order valence-corrected chi connectivity index (χ1v) is 28.3. The van der Waals surface area contributed by atoms with Crippen LogP contribution in [0.2, 0.25) is 0 Å². The number of hydrogen-bond donors (Lipinski definition) is 3.